The molecular weight excluding hydrogens is 384 g/mol. The van der Waals surface area contributed by atoms with Crippen LogP contribution in [0.25, 0.3) is 0 Å². The quantitative estimate of drug-likeness (QED) is 0.697. The number of esters is 2. The molecule has 0 aromatic heterocycles. The lowest BCUT2D eigenvalue weighted by Gasteiger charge is -2.55. The molecule has 6 atom stereocenters. The van der Waals surface area contributed by atoms with Gasteiger partial charge in [-0.05, 0) is 62.4 Å². The van der Waals surface area contributed by atoms with E-state index in [1.807, 2.05) is 6.08 Å². The Labute approximate surface area is 179 Å². The van der Waals surface area contributed by atoms with E-state index >= 15 is 0 Å². The Morgan fingerprint density at radius 2 is 1.90 bits per heavy atom. The SMILES string of the molecule is CC(=O)OCC[C@]1(C)C2=CC(=O)C[C@](C)([C@@H]3CCC(C)(O)CC(=O)O3)C2CC[C@H]1C. The third kappa shape index (κ3) is 4.34. The molecule has 1 saturated carbocycles. The smallest absolute Gasteiger partial charge is 0.308 e. The van der Waals surface area contributed by atoms with Gasteiger partial charge >= 0.3 is 11.9 Å². The van der Waals surface area contributed by atoms with Crippen LogP contribution in [0, 0.1) is 22.7 Å². The van der Waals surface area contributed by atoms with Crippen LogP contribution in [0.5, 0.6) is 0 Å². The van der Waals surface area contributed by atoms with Crippen molar-refractivity contribution in [2.45, 2.75) is 91.3 Å². The van der Waals surface area contributed by atoms with Gasteiger partial charge in [-0.15, -0.1) is 0 Å². The number of fused-ring (bicyclic) bond motifs is 1. The predicted molar refractivity (Wildman–Crippen MR) is 111 cm³/mol. The van der Waals surface area contributed by atoms with Crippen molar-refractivity contribution >= 4 is 17.7 Å². The van der Waals surface area contributed by atoms with Crippen LogP contribution in [0.15, 0.2) is 11.6 Å². The van der Waals surface area contributed by atoms with Gasteiger partial charge in [0.25, 0.3) is 0 Å². The molecule has 2 aliphatic carbocycles. The van der Waals surface area contributed by atoms with Crippen LogP contribution in [-0.4, -0.2) is 41.1 Å². The van der Waals surface area contributed by atoms with Gasteiger partial charge in [0.2, 0.25) is 0 Å². The zero-order chi connectivity index (χ0) is 22.3. The van der Waals surface area contributed by atoms with Crippen molar-refractivity contribution < 1.29 is 29.0 Å². The Morgan fingerprint density at radius 1 is 1.20 bits per heavy atom. The van der Waals surface area contributed by atoms with Gasteiger partial charge in [0.1, 0.15) is 6.10 Å². The largest absolute Gasteiger partial charge is 0.466 e. The minimum atomic E-state index is -1.07. The molecule has 1 aliphatic heterocycles. The third-order valence-corrected chi connectivity index (χ3v) is 8.08. The summed E-state index contributed by atoms with van der Waals surface area (Å²) in [5.74, 6) is -0.162. The summed E-state index contributed by atoms with van der Waals surface area (Å²) < 4.78 is 11.1. The van der Waals surface area contributed by atoms with Gasteiger partial charge in [-0.25, -0.2) is 0 Å². The van der Waals surface area contributed by atoms with Gasteiger partial charge < -0.3 is 14.6 Å². The van der Waals surface area contributed by atoms with Crippen molar-refractivity contribution in [1.82, 2.24) is 0 Å². The number of allylic oxidation sites excluding steroid dienone is 2. The fraction of sp³-hybridized carbons (Fsp3) is 0.792. The van der Waals surface area contributed by atoms with Crippen molar-refractivity contribution in [1.29, 1.82) is 0 Å². The lowest BCUT2D eigenvalue weighted by molar-refractivity contribution is -0.161. The maximum absolute atomic E-state index is 12.9. The standard InChI is InChI=1S/C24H36O6/c1-15-6-7-18-19(23(15,4)10-11-29-16(2)25)12-17(26)13-24(18,5)20-8-9-22(3,28)14-21(27)30-20/h12,15,18,20,28H,6-11,13-14H2,1-5H3/t15-,18?,20+,22?,23+,24+/m1/s1. The fourth-order valence-corrected chi connectivity index (χ4v) is 5.95. The Hall–Kier alpha value is -1.69. The molecule has 0 aromatic carbocycles. The fourth-order valence-electron chi connectivity index (χ4n) is 5.95. The molecule has 0 spiro atoms. The molecule has 1 N–H and O–H groups in total. The van der Waals surface area contributed by atoms with E-state index in [0.717, 1.165) is 18.4 Å². The lowest BCUT2D eigenvalue weighted by atomic mass is 9.50. The van der Waals surface area contributed by atoms with E-state index in [-0.39, 0.29) is 29.5 Å². The summed E-state index contributed by atoms with van der Waals surface area (Å²) in [6, 6.07) is 0. The maximum atomic E-state index is 12.9. The summed E-state index contributed by atoms with van der Waals surface area (Å²) in [6.07, 6.45) is 5.36. The van der Waals surface area contributed by atoms with E-state index in [9.17, 15) is 19.5 Å². The van der Waals surface area contributed by atoms with E-state index < -0.39 is 23.1 Å². The van der Waals surface area contributed by atoms with Gasteiger partial charge in [0, 0.05) is 18.8 Å². The first kappa shape index (κ1) is 23.0. The second kappa shape index (κ2) is 8.10. The minimum absolute atomic E-state index is 0.0158. The molecule has 1 saturated heterocycles. The van der Waals surface area contributed by atoms with Gasteiger partial charge in [0.05, 0.1) is 18.6 Å². The highest BCUT2D eigenvalue weighted by molar-refractivity contribution is 5.92. The average Bonchev–Trinajstić information content (AvgIpc) is 2.75. The summed E-state index contributed by atoms with van der Waals surface area (Å²) in [4.78, 5) is 36.6. The highest BCUT2D eigenvalue weighted by atomic mass is 16.5. The van der Waals surface area contributed by atoms with Gasteiger partial charge in [-0.3, -0.25) is 14.4 Å². The number of cyclic esters (lactones) is 1. The van der Waals surface area contributed by atoms with Crippen molar-refractivity contribution in [3.05, 3.63) is 11.6 Å². The van der Waals surface area contributed by atoms with Crippen molar-refractivity contribution in [2.24, 2.45) is 22.7 Å². The first-order chi connectivity index (χ1) is 13.9. The first-order valence-electron chi connectivity index (χ1n) is 11.2. The molecular formula is C24H36O6. The molecule has 0 radical (unpaired) electrons. The van der Waals surface area contributed by atoms with Crippen LogP contribution in [0.1, 0.15) is 79.6 Å². The first-order valence-corrected chi connectivity index (χ1v) is 11.2. The van der Waals surface area contributed by atoms with E-state index in [4.69, 9.17) is 9.47 Å². The van der Waals surface area contributed by atoms with Crippen LogP contribution in [-0.2, 0) is 23.9 Å². The number of hydrogen-bond acceptors (Lipinski definition) is 6. The highest BCUT2D eigenvalue weighted by Gasteiger charge is 2.55. The number of rotatable bonds is 4. The highest BCUT2D eigenvalue weighted by Crippen LogP contribution is 2.59. The zero-order valence-electron chi connectivity index (χ0n) is 19.0. The molecule has 0 aromatic rings. The Balaban J connectivity index is 1.92. The molecule has 168 valence electrons. The number of ketones is 1. The van der Waals surface area contributed by atoms with Gasteiger partial charge in [0.15, 0.2) is 5.78 Å². The topological polar surface area (TPSA) is 89.9 Å². The molecule has 1 heterocycles. The van der Waals surface area contributed by atoms with Gasteiger partial charge in [-0.1, -0.05) is 26.3 Å². The second-order valence-corrected chi connectivity index (χ2v) is 10.5. The number of carbonyl (C=O) groups is 3. The van der Waals surface area contributed by atoms with Crippen molar-refractivity contribution in [3.8, 4) is 0 Å². The third-order valence-electron chi connectivity index (χ3n) is 8.08. The van der Waals surface area contributed by atoms with Gasteiger partial charge in [-0.2, -0.15) is 0 Å². The number of hydrogen-bond donors (Lipinski definition) is 1. The monoisotopic (exact) mass is 420 g/mol. The molecule has 2 fully saturated rings. The molecule has 6 nitrogen and oxygen atoms in total. The molecule has 0 bridgehead atoms. The summed E-state index contributed by atoms with van der Waals surface area (Å²) >= 11 is 0. The van der Waals surface area contributed by atoms with Crippen LogP contribution in [0.2, 0.25) is 0 Å². The van der Waals surface area contributed by atoms with Crippen molar-refractivity contribution in [3.63, 3.8) is 0 Å². The molecule has 3 rings (SSSR count). The van der Waals surface area contributed by atoms with E-state index in [2.05, 4.69) is 20.8 Å². The summed E-state index contributed by atoms with van der Waals surface area (Å²) in [6.45, 7) is 9.84. The molecule has 30 heavy (non-hydrogen) atoms. The van der Waals surface area contributed by atoms with Crippen LogP contribution in [0.4, 0.5) is 0 Å². The van der Waals surface area contributed by atoms with Crippen molar-refractivity contribution in [2.75, 3.05) is 6.61 Å². The number of carbonyl (C=O) groups excluding carboxylic acids is 3. The number of aliphatic hydroxyl groups is 1. The van der Waals surface area contributed by atoms with E-state index in [0.29, 0.717) is 38.2 Å². The minimum Gasteiger partial charge on any atom is -0.466 e. The van der Waals surface area contributed by atoms with Crippen LogP contribution >= 0.6 is 0 Å². The summed E-state index contributed by atoms with van der Waals surface area (Å²) in [7, 11) is 0. The number of ether oxygens (including phenoxy) is 2. The zero-order valence-corrected chi connectivity index (χ0v) is 19.0. The Bertz CT molecular complexity index is 753. The molecule has 0 amide bonds. The Kier molecular flexibility index (Phi) is 6.21. The molecule has 6 heteroatoms. The van der Waals surface area contributed by atoms with Crippen LogP contribution < -0.4 is 0 Å². The molecule has 2 unspecified atom stereocenters. The normalized spacial score (nSPS) is 41.9. The summed E-state index contributed by atoms with van der Waals surface area (Å²) in [5.41, 5.74) is -0.714. The van der Waals surface area contributed by atoms with E-state index in [1.54, 1.807) is 6.92 Å². The lowest BCUT2D eigenvalue weighted by Crippen LogP contribution is -2.51. The Morgan fingerprint density at radius 3 is 2.57 bits per heavy atom. The second-order valence-electron chi connectivity index (χ2n) is 10.5. The van der Waals surface area contributed by atoms with Crippen LogP contribution in [0.3, 0.4) is 0 Å². The average molecular weight is 421 g/mol. The maximum Gasteiger partial charge on any atom is 0.308 e. The summed E-state index contributed by atoms with van der Waals surface area (Å²) in [5, 5.41) is 10.4. The molecule has 3 aliphatic rings. The predicted octanol–water partition coefficient (Wildman–Crippen LogP) is 3.74. The van der Waals surface area contributed by atoms with E-state index in [1.165, 1.54) is 6.92 Å².